The van der Waals surface area contributed by atoms with Crippen molar-refractivity contribution in [2.45, 2.75) is 26.2 Å². The maximum atomic E-state index is 10.9. The Labute approximate surface area is 104 Å². The summed E-state index contributed by atoms with van der Waals surface area (Å²) in [7, 11) is 0. The second-order valence-corrected chi connectivity index (χ2v) is 5.11. The van der Waals surface area contributed by atoms with Gasteiger partial charge in [0, 0.05) is 18.7 Å². The van der Waals surface area contributed by atoms with E-state index in [2.05, 4.69) is 17.9 Å². The maximum Gasteiger partial charge on any atom is 0.150 e. The number of carbonyl (C=O) groups excluding carboxylic acids is 1. The zero-order valence-corrected chi connectivity index (χ0v) is 10.6. The lowest BCUT2D eigenvalue weighted by Crippen LogP contribution is -2.35. The molecule has 17 heavy (non-hydrogen) atoms. The first-order chi connectivity index (χ1) is 8.29. The van der Waals surface area contributed by atoms with Crippen molar-refractivity contribution in [2.75, 3.05) is 19.6 Å². The number of benzene rings is 1. The molecule has 0 N–H and O–H groups in total. The number of hydrogen-bond donors (Lipinski definition) is 0. The summed E-state index contributed by atoms with van der Waals surface area (Å²) < 4.78 is 0. The third-order valence-corrected chi connectivity index (χ3v) is 3.62. The van der Waals surface area contributed by atoms with Crippen LogP contribution in [0.1, 0.15) is 35.7 Å². The number of hydrogen-bond acceptors (Lipinski definition) is 2. The lowest BCUT2D eigenvalue weighted by Gasteiger charge is -2.30. The van der Waals surface area contributed by atoms with Gasteiger partial charge < -0.3 is 4.90 Å². The third-order valence-electron chi connectivity index (χ3n) is 3.62. The van der Waals surface area contributed by atoms with Crippen molar-refractivity contribution in [3.05, 3.63) is 35.4 Å². The van der Waals surface area contributed by atoms with Crippen LogP contribution in [0.3, 0.4) is 0 Å². The van der Waals surface area contributed by atoms with Crippen molar-refractivity contribution < 1.29 is 4.79 Å². The minimum atomic E-state index is 0.824. The fraction of sp³-hybridized carbons (Fsp3) is 0.533. The van der Waals surface area contributed by atoms with E-state index >= 15 is 0 Å². The zero-order valence-electron chi connectivity index (χ0n) is 10.6. The van der Waals surface area contributed by atoms with Crippen molar-refractivity contribution in [1.29, 1.82) is 0 Å². The van der Waals surface area contributed by atoms with Crippen LogP contribution < -0.4 is 0 Å². The number of carbonyl (C=O) groups is 1. The topological polar surface area (TPSA) is 20.3 Å². The van der Waals surface area contributed by atoms with Gasteiger partial charge in [-0.05, 0) is 37.3 Å². The molecular weight excluding hydrogens is 210 g/mol. The minimum Gasteiger partial charge on any atom is -0.303 e. The molecule has 1 saturated heterocycles. The maximum absolute atomic E-state index is 10.9. The summed E-state index contributed by atoms with van der Waals surface area (Å²) in [6, 6.07) is 7.91. The predicted molar refractivity (Wildman–Crippen MR) is 70.4 cm³/mol. The van der Waals surface area contributed by atoms with E-state index in [0.717, 1.165) is 30.7 Å². The molecule has 1 aromatic carbocycles. The van der Waals surface area contributed by atoms with Gasteiger partial charge in [0.05, 0.1) is 0 Å². The molecule has 2 nitrogen and oxygen atoms in total. The Morgan fingerprint density at radius 2 is 2.24 bits per heavy atom. The molecule has 92 valence electrons. The standard InChI is InChI=1S/C15H21NO/c1-13-5-4-9-16(11-13)10-8-14-6-2-3-7-15(14)12-17/h2-3,6-7,12-13H,4-5,8-11H2,1H3. The summed E-state index contributed by atoms with van der Waals surface area (Å²) >= 11 is 0. The van der Waals surface area contributed by atoms with E-state index < -0.39 is 0 Å². The summed E-state index contributed by atoms with van der Waals surface area (Å²) in [5.41, 5.74) is 2.03. The van der Waals surface area contributed by atoms with E-state index in [-0.39, 0.29) is 0 Å². The molecule has 1 aliphatic heterocycles. The van der Waals surface area contributed by atoms with Gasteiger partial charge >= 0.3 is 0 Å². The highest BCUT2D eigenvalue weighted by atomic mass is 16.1. The van der Waals surface area contributed by atoms with Gasteiger partial charge in [-0.15, -0.1) is 0 Å². The summed E-state index contributed by atoms with van der Waals surface area (Å²) in [6.07, 6.45) is 4.63. The van der Waals surface area contributed by atoms with Crippen LogP contribution in [0.5, 0.6) is 0 Å². The highest BCUT2D eigenvalue weighted by Crippen LogP contribution is 2.16. The number of piperidine rings is 1. The van der Waals surface area contributed by atoms with Crippen LogP contribution in [-0.4, -0.2) is 30.8 Å². The van der Waals surface area contributed by atoms with Crippen molar-refractivity contribution in [1.82, 2.24) is 4.90 Å². The van der Waals surface area contributed by atoms with Crippen molar-refractivity contribution in [2.24, 2.45) is 5.92 Å². The Morgan fingerprint density at radius 3 is 3.00 bits per heavy atom. The SMILES string of the molecule is CC1CCCN(CCc2ccccc2C=O)C1. The van der Waals surface area contributed by atoms with Gasteiger partial charge in [-0.2, -0.15) is 0 Å². The average Bonchev–Trinajstić information content (AvgIpc) is 2.37. The van der Waals surface area contributed by atoms with E-state index in [1.54, 1.807) is 0 Å². The quantitative estimate of drug-likeness (QED) is 0.743. The summed E-state index contributed by atoms with van der Waals surface area (Å²) in [6.45, 7) is 5.83. The molecular formula is C15H21NO. The van der Waals surface area contributed by atoms with Crippen LogP contribution in [-0.2, 0) is 6.42 Å². The van der Waals surface area contributed by atoms with Gasteiger partial charge in [0.1, 0.15) is 6.29 Å². The smallest absolute Gasteiger partial charge is 0.150 e. The highest BCUT2D eigenvalue weighted by molar-refractivity contribution is 5.77. The molecule has 2 rings (SSSR count). The second-order valence-electron chi connectivity index (χ2n) is 5.11. The molecule has 0 amide bonds. The van der Waals surface area contributed by atoms with Gasteiger partial charge in [-0.25, -0.2) is 0 Å². The first-order valence-electron chi connectivity index (χ1n) is 6.55. The number of nitrogens with zero attached hydrogens (tertiary/aromatic N) is 1. The molecule has 0 aliphatic carbocycles. The normalized spacial score (nSPS) is 21.4. The number of rotatable bonds is 4. The second kappa shape index (κ2) is 5.97. The Hall–Kier alpha value is -1.15. The molecule has 0 spiro atoms. The Bertz CT molecular complexity index is 375. The Kier molecular flexibility index (Phi) is 4.32. The van der Waals surface area contributed by atoms with Crippen molar-refractivity contribution >= 4 is 6.29 Å². The molecule has 0 aromatic heterocycles. The Balaban J connectivity index is 1.90. The molecule has 1 aromatic rings. The largest absolute Gasteiger partial charge is 0.303 e. The first kappa shape index (κ1) is 12.3. The van der Waals surface area contributed by atoms with Crippen LogP contribution in [0.2, 0.25) is 0 Å². The fourth-order valence-electron chi connectivity index (χ4n) is 2.65. The zero-order chi connectivity index (χ0) is 12.1. The fourth-order valence-corrected chi connectivity index (χ4v) is 2.65. The molecule has 0 bridgehead atoms. The van der Waals surface area contributed by atoms with Crippen molar-refractivity contribution in [3.63, 3.8) is 0 Å². The molecule has 0 saturated carbocycles. The van der Waals surface area contributed by atoms with Crippen LogP contribution in [0.15, 0.2) is 24.3 Å². The molecule has 2 heteroatoms. The highest BCUT2D eigenvalue weighted by Gasteiger charge is 2.15. The van der Waals surface area contributed by atoms with Crippen LogP contribution in [0.4, 0.5) is 0 Å². The monoisotopic (exact) mass is 231 g/mol. The van der Waals surface area contributed by atoms with E-state index in [4.69, 9.17) is 0 Å². The average molecular weight is 231 g/mol. The van der Waals surface area contributed by atoms with E-state index in [0.29, 0.717) is 0 Å². The lowest BCUT2D eigenvalue weighted by molar-refractivity contribution is 0.112. The van der Waals surface area contributed by atoms with Crippen LogP contribution in [0.25, 0.3) is 0 Å². The molecule has 1 unspecified atom stereocenters. The van der Waals surface area contributed by atoms with E-state index in [9.17, 15) is 4.79 Å². The predicted octanol–water partition coefficient (Wildman–Crippen LogP) is 2.77. The minimum absolute atomic E-state index is 0.824. The number of aldehydes is 1. The molecule has 1 aliphatic rings. The van der Waals surface area contributed by atoms with Gasteiger partial charge in [-0.1, -0.05) is 31.2 Å². The first-order valence-corrected chi connectivity index (χ1v) is 6.55. The Morgan fingerprint density at radius 1 is 1.41 bits per heavy atom. The summed E-state index contributed by atoms with van der Waals surface area (Å²) in [5.74, 6) is 0.824. The molecule has 1 fully saturated rings. The third kappa shape index (κ3) is 3.40. The van der Waals surface area contributed by atoms with Gasteiger partial charge in [0.15, 0.2) is 0 Å². The summed E-state index contributed by atoms with van der Waals surface area (Å²) in [4.78, 5) is 13.4. The van der Waals surface area contributed by atoms with Crippen molar-refractivity contribution in [3.8, 4) is 0 Å². The van der Waals surface area contributed by atoms with Gasteiger partial charge in [0.2, 0.25) is 0 Å². The summed E-state index contributed by atoms with van der Waals surface area (Å²) in [5, 5.41) is 0. The van der Waals surface area contributed by atoms with E-state index in [1.165, 1.54) is 31.5 Å². The molecule has 1 atom stereocenters. The van der Waals surface area contributed by atoms with E-state index in [1.807, 2.05) is 18.2 Å². The van der Waals surface area contributed by atoms with Gasteiger partial charge in [-0.3, -0.25) is 4.79 Å². The van der Waals surface area contributed by atoms with Crippen LogP contribution >= 0.6 is 0 Å². The van der Waals surface area contributed by atoms with Gasteiger partial charge in [0.25, 0.3) is 0 Å². The van der Waals surface area contributed by atoms with Crippen LogP contribution in [0, 0.1) is 5.92 Å². The lowest BCUT2D eigenvalue weighted by atomic mass is 9.99. The molecule has 0 radical (unpaired) electrons. The number of likely N-dealkylation sites (tertiary alicyclic amines) is 1. The molecule has 1 heterocycles.